The second-order valence-corrected chi connectivity index (χ2v) is 8.84. The van der Waals surface area contributed by atoms with E-state index in [0.717, 1.165) is 70.6 Å². The molecular weight excluding hydrogens is 412 g/mol. The maximum absolute atomic E-state index is 4.88. The number of piperazine rings is 1. The molecule has 0 radical (unpaired) electrons. The minimum atomic E-state index is 0.677. The number of rotatable bonds is 3. The molecule has 6 rings (SSSR count). The van der Waals surface area contributed by atoms with E-state index in [-0.39, 0.29) is 0 Å². The fraction of sp³-hybridized carbons (Fsp3) is 0.280. The summed E-state index contributed by atoms with van der Waals surface area (Å²) in [5.74, 6) is 0.677. The largest absolute Gasteiger partial charge is 0.369 e. The average Bonchev–Trinajstić information content (AvgIpc) is 3.43. The van der Waals surface area contributed by atoms with Crippen LogP contribution < -0.4 is 4.90 Å². The Morgan fingerprint density at radius 2 is 1.67 bits per heavy atom. The number of hydrogen-bond donors (Lipinski definition) is 1. The predicted octanol–water partition coefficient (Wildman–Crippen LogP) is 3.63. The normalized spacial score (nSPS) is 15.1. The fourth-order valence-corrected chi connectivity index (χ4v) is 4.53. The molecule has 1 N–H and O–H groups in total. The Balaban J connectivity index is 1.39. The highest BCUT2D eigenvalue weighted by molar-refractivity contribution is 6.05. The van der Waals surface area contributed by atoms with Gasteiger partial charge in [0.2, 0.25) is 0 Å². The van der Waals surface area contributed by atoms with Gasteiger partial charge in [-0.05, 0) is 37.7 Å². The van der Waals surface area contributed by atoms with Gasteiger partial charge in [-0.3, -0.25) is 4.68 Å². The van der Waals surface area contributed by atoms with Crippen molar-refractivity contribution in [1.29, 1.82) is 0 Å². The highest BCUT2D eigenvalue weighted by Gasteiger charge is 2.16. The van der Waals surface area contributed by atoms with E-state index in [1.54, 1.807) is 10.9 Å². The van der Waals surface area contributed by atoms with E-state index in [9.17, 15) is 0 Å². The van der Waals surface area contributed by atoms with Gasteiger partial charge in [0.1, 0.15) is 11.2 Å². The molecule has 4 aromatic heterocycles. The minimum absolute atomic E-state index is 0.677. The Morgan fingerprint density at radius 3 is 2.39 bits per heavy atom. The lowest BCUT2D eigenvalue weighted by atomic mass is 10.1. The maximum atomic E-state index is 4.88. The summed E-state index contributed by atoms with van der Waals surface area (Å²) in [6, 6.07) is 11.0. The fourth-order valence-electron chi connectivity index (χ4n) is 4.53. The minimum Gasteiger partial charge on any atom is -0.369 e. The molecule has 0 atom stereocenters. The number of nitrogens with one attached hydrogen (secondary N) is 1. The van der Waals surface area contributed by atoms with Crippen LogP contribution in [0.3, 0.4) is 0 Å². The lowest BCUT2D eigenvalue weighted by Gasteiger charge is -2.34. The molecule has 0 amide bonds. The van der Waals surface area contributed by atoms with Gasteiger partial charge in [-0.25, -0.2) is 15.0 Å². The first-order chi connectivity index (χ1) is 16.0. The van der Waals surface area contributed by atoms with Crippen molar-refractivity contribution in [3.05, 3.63) is 54.6 Å². The SMILES string of the molecule is Cc1nc(-c2cnn(C)c2)nc2c1[nH]c1ncc(-c3ccc(N4CCN(C)CC4)cc3)cc12. The van der Waals surface area contributed by atoms with Crippen LogP contribution in [0.2, 0.25) is 0 Å². The van der Waals surface area contributed by atoms with Gasteiger partial charge in [0.15, 0.2) is 5.82 Å². The van der Waals surface area contributed by atoms with E-state index in [4.69, 9.17) is 9.97 Å². The molecular formula is C25H26N8. The smallest absolute Gasteiger partial charge is 0.163 e. The number of nitrogens with zero attached hydrogens (tertiary/aromatic N) is 7. The molecule has 8 nitrogen and oxygen atoms in total. The van der Waals surface area contributed by atoms with Gasteiger partial charge in [0, 0.05) is 62.3 Å². The third-order valence-corrected chi connectivity index (χ3v) is 6.51. The number of hydrogen-bond acceptors (Lipinski definition) is 6. The van der Waals surface area contributed by atoms with Crippen LogP contribution in [0.15, 0.2) is 48.9 Å². The molecule has 1 saturated heterocycles. The van der Waals surface area contributed by atoms with Crippen LogP contribution >= 0.6 is 0 Å². The second kappa shape index (κ2) is 7.67. The molecule has 5 aromatic rings. The van der Waals surface area contributed by atoms with Crippen molar-refractivity contribution in [2.24, 2.45) is 7.05 Å². The maximum Gasteiger partial charge on any atom is 0.163 e. The summed E-state index contributed by atoms with van der Waals surface area (Å²) >= 11 is 0. The molecule has 1 fully saturated rings. The quantitative estimate of drug-likeness (QED) is 0.463. The third-order valence-electron chi connectivity index (χ3n) is 6.51. The van der Waals surface area contributed by atoms with Crippen molar-refractivity contribution in [2.45, 2.75) is 6.92 Å². The molecule has 166 valence electrons. The Hall–Kier alpha value is -3.78. The highest BCUT2D eigenvalue weighted by Crippen LogP contribution is 2.31. The zero-order chi connectivity index (χ0) is 22.5. The van der Waals surface area contributed by atoms with Gasteiger partial charge in [0.25, 0.3) is 0 Å². The summed E-state index contributed by atoms with van der Waals surface area (Å²) in [7, 11) is 4.08. The summed E-state index contributed by atoms with van der Waals surface area (Å²) in [6.07, 6.45) is 5.65. The molecule has 1 aromatic carbocycles. The molecule has 1 aliphatic heterocycles. The topological polar surface area (TPSA) is 78.8 Å². The number of pyridine rings is 1. The van der Waals surface area contributed by atoms with Crippen molar-refractivity contribution in [3.8, 4) is 22.5 Å². The first kappa shape index (κ1) is 19.9. The van der Waals surface area contributed by atoms with Crippen LogP contribution in [0.25, 0.3) is 44.6 Å². The summed E-state index contributed by atoms with van der Waals surface area (Å²) in [5, 5.41) is 5.26. The van der Waals surface area contributed by atoms with Gasteiger partial charge in [-0.15, -0.1) is 0 Å². The van der Waals surface area contributed by atoms with E-state index in [2.05, 4.69) is 62.2 Å². The summed E-state index contributed by atoms with van der Waals surface area (Å²) in [4.78, 5) is 22.5. The highest BCUT2D eigenvalue weighted by atomic mass is 15.2. The van der Waals surface area contributed by atoms with Crippen molar-refractivity contribution < 1.29 is 0 Å². The first-order valence-electron chi connectivity index (χ1n) is 11.2. The standard InChI is InChI=1S/C25H26N8/c1-16-22-23(30-24(28-16)19-14-27-32(3)15-19)21-12-18(13-26-25(21)29-22)17-4-6-20(7-5-17)33-10-8-31(2)9-11-33/h4-7,12-15H,8-11H2,1-3H3,(H,26,29). The summed E-state index contributed by atoms with van der Waals surface area (Å²) in [6.45, 7) is 6.34. The molecule has 0 spiro atoms. The lowest BCUT2D eigenvalue weighted by molar-refractivity contribution is 0.313. The number of likely N-dealkylation sites (N-methyl/N-ethyl adjacent to an activating group) is 1. The van der Waals surface area contributed by atoms with Crippen molar-refractivity contribution in [2.75, 3.05) is 38.1 Å². The van der Waals surface area contributed by atoms with Gasteiger partial charge < -0.3 is 14.8 Å². The monoisotopic (exact) mass is 438 g/mol. The predicted molar refractivity (Wildman–Crippen MR) is 131 cm³/mol. The summed E-state index contributed by atoms with van der Waals surface area (Å²) < 4.78 is 1.76. The Bertz CT molecular complexity index is 1460. The number of aromatic amines is 1. The van der Waals surface area contributed by atoms with Crippen LogP contribution in [0.1, 0.15) is 5.69 Å². The van der Waals surface area contributed by atoms with Crippen LogP contribution in [-0.2, 0) is 7.05 Å². The molecule has 0 aliphatic carbocycles. The number of benzene rings is 1. The molecule has 33 heavy (non-hydrogen) atoms. The number of fused-ring (bicyclic) bond motifs is 3. The van der Waals surface area contributed by atoms with Crippen molar-refractivity contribution in [3.63, 3.8) is 0 Å². The van der Waals surface area contributed by atoms with E-state index in [1.807, 2.05) is 26.4 Å². The zero-order valence-electron chi connectivity index (χ0n) is 19.1. The van der Waals surface area contributed by atoms with Crippen LogP contribution in [0.4, 0.5) is 5.69 Å². The van der Waals surface area contributed by atoms with Gasteiger partial charge in [-0.1, -0.05) is 12.1 Å². The van der Waals surface area contributed by atoms with Gasteiger partial charge in [-0.2, -0.15) is 5.10 Å². The third kappa shape index (κ3) is 3.52. The van der Waals surface area contributed by atoms with Crippen LogP contribution in [-0.4, -0.2) is 67.8 Å². The lowest BCUT2D eigenvalue weighted by Crippen LogP contribution is -2.44. The second-order valence-electron chi connectivity index (χ2n) is 8.84. The summed E-state index contributed by atoms with van der Waals surface area (Å²) in [5.41, 5.74) is 7.94. The van der Waals surface area contributed by atoms with Crippen LogP contribution in [0.5, 0.6) is 0 Å². The van der Waals surface area contributed by atoms with Crippen molar-refractivity contribution in [1.82, 2.24) is 34.6 Å². The number of anilines is 1. The van der Waals surface area contributed by atoms with Crippen LogP contribution in [0, 0.1) is 6.92 Å². The number of aryl methyl sites for hydroxylation is 2. The molecule has 0 bridgehead atoms. The molecule has 0 saturated carbocycles. The van der Waals surface area contributed by atoms with E-state index in [1.165, 1.54) is 5.69 Å². The molecule has 0 unspecified atom stereocenters. The van der Waals surface area contributed by atoms with Crippen molar-refractivity contribution >= 4 is 27.8 Å². The zero-order valence-corrected chi connectivity index (χ0v) is 19.1. The van der Waals surface area contributed by atoms with E-state index in [0.29, 0.717) is 5.82 Å². The van der Waals surface area contributed by atoms with Gasteiger partial charge in [0.05, 0.1) is 23.0 Å². The Morgan fingerprint density at radius 1 is 0.879 bits per heavy atom. The number of aromatic nitrogens is 6. The number of H-pyrrole nitrogens is 1. The average molecular weight is 439 g/mol. The van der Waals surface area contributed by atoms with E-state index < -0.39 is 0 Å². The molecule has 5 heterocycles. The Kier molecular flexibility index (Phi) is 4.62. The first-order valence-corrected chi connectivity index (χ1v) is 11.2. The van der Waals surface area contributed by atoms with Gasteiger partial charge >= 0.3 is 0 Å². The molecule has 8 heteroatoms. The van der Waals surface area contributed by atoms with E-state index >= 15 is 0 Å². The Labute approximate surface area is 191 Å². The molecule has 1 aliphatic rings.